The second-order valence-corrected chi connectivity index (χ2v) is 6.29. The van der Waals surface area contributed by atoms with E-state index in [2.05, 4.69) is 15.1 Å². The standard InChI is InChI=1S/C16H24ClN3O/c1-21-16-4-2-3-15(17)14(16)12-19-7-9-20(10-8-19)13-5-6-18-11-13/h2-4,13,18H,5-12H2,1H3. The molecule has 0 aliphatic carbocycles. The maximum Gasteiger partial charge on any atom is 0.124 e. The fourth-order valence-corrected chi connectivity index (χ4v) is 3.57. The lowest BCUT2D eigenvalue weighted by Gasteiger charge is -2.38. The highest BCUT2D eigenvalue weighted by Gasteiger charge is 2.26. The number of benzene rings is 1. The molecule has 0 aromatic heterocycles. The molecule has 2 aliphatic rings. The van der Waals surface area contributed by atoms with Crippen molar-refractivity contribution in [2.24, 2.45) is 0 Å². The van der Waals surface area contributed by atoms with E-state index in [0.29, 0.717) is 0 Å². The van der Waals surface area contributed by atoms with Gasteiger partial charge in [-0.2, -0.15) is 0 Å². The molecule has 0 bridgehead atoms. The maximum atomic E-state index is 6.33. The third-order valence-electron chi connectivity index (χ3n) is 4.64. The Balaban J connectivity index is 1.58. The van der Waals surface area contributed by atoms with Gasteiger partial charge in [0.25, 0.3) is 0 Å². The van der Waals surface area contributed by atoms with Crippen LogP contribution in [0.2, 0.25) is 5.02 Å². The molecule has 1 atom stereocenters. The van der Waals surface area contributed by atoms with Crippen LogP contribution in [-0.4, -0.2) is 62.2 Å². The second kappa shape index (κ2) is 6.97. The lowest BCUT2D eigenvalue weighted by atomic mass is 10.1. The minimum Gasteiger partial charge on any atom is -0.496 e. The van der Waals surface area contributed by atoms with E-state index in [1.54, 1.807) is 7.11 Å². The first-order valence-corrected chi connectivity index (χ1v) is 8.14. The summed E-state index contributed by atoms with van der Waals surface area (Å²) in [7, 11) is 1.71. The van der Waals surface area contributed by atoms with Gasteiger partial charge in [0, 0.05) is 55.9 Å². The Morgan fingerprint density at radius 1 is 1.29 bits per heavy atom. The average molecular weight is 310 g/mol. The fraction of sp³-hybridized carbons (Fsp3) is 0.625. The number of piperazine rings is 1. The quantitative estimate of drug-likeness (QED) is 0.918. The number of halogens is 1. The number of hydrogen-bond donors (Lipinski definition) is 1. The Hall–Kier alpha value is -0.810. The van der Waals surface area contributed by atoms with Crippen molar-refractivity contribution in [2.45, 2.75) is 19.0 Å². The lowest BCUT2D eigenvalue weighted by molar-refractivity contribution is 0.0976. The molecule has 1 aromatic rings. The molecule has 4 nitrogen and oxygen atoms in total. The predicted octanol–water partition coefficient (Wildman–Crippen LogP) is 1.83. The number of hydrogen-bond acceptors (Lipinski definition) is 4. The molecule has 2 saturated heterocycles. The van der Waals surface area contributed by atoms with Crippen molar-refractivity contribution in [1.29, 1.82) is 0 Å². The van der Waals surface area contributed by atoms with Gasteiger partial charge in [-0.25, -0.2) is 0 Å². The van der Waals surface area contributed by atoms with Crippen LogP contribution in [0.3, 0.4) is 0 Å². The largest absolute Gasteiger partial charge is 0.496 e. The van der Waals surface area contributed by atoms with Crippen molar-refractivity contribution in [1.82, 2.24) is 15.1 Å². The molecule has 2 aliphatic heterocycles. The lowest BCUT2D eigenvalue weighted by Crippen LogP contribution is -2.50. The fourth-order valence-electron chi connectivity index (χ4n) is 3.34. The molecule has 0 spiro atoms. The molecular formula is C16H24ClN3O. The number of ether oxygens (including phenoxy) is 1. The summed E-state index contributed by atoms with van der Waals surface area (Å²) in [6, 6.07) is 6.61. The molecule has 3 rings (SSSR count). The molecule has 5 heteroatoms. The van der Waals surface area contributed by atoms with E-state index < -0.39 is 0 Å². The molecule has 21 heavy (non-hydrogen) atoms. The molecule has 0 radical (unpaired) electrons. The second-order valence-electron chi connectivity index (χ2n) is 5.88. The van der Waals surface area contributed by atoms with Crippen LogP contribution < -0.4 is 10.1 Å². The SMILES string of the molecule is COc1cccc(Cl)c1CN1CCN(C2CCNC2)CC1. The third-order valence-corrected chi connectivity index (χ3v) is 4.99. The van der Waals surface area contributed by atoms with Gasteiger partial charge in [0.1, 0.15) is 5.75 Å². The van der Waals surface area contributed by atoms with Gasteiger partial charge < -0.3 is 10.1 Å². The minimum absolute atomic E-state index is 0.738. The summed E-state index contributed by atoms with van der Waals surface area (Å²) in [4.78, 5) is 5.10. The molecule has 0 amide bonds. The minimum atomic E-state index is 0.738. The van der Waals surface area contributed by atoms with Crippen LogP contribution in [0, 0.1) is 0 Å². The van der Waals surface area contributed by atoms with Crippen molar-refractivity contribution < 1.29 is 4.74 Å². The molecule has 0 saturated carbocycles. The van der Waals surface area contributed by atoms with E-state index in [0.717, 1.165) is 61.6 Å². The zero-order valence-corrected chi connectivity index (χ0v) is 13.4. The van der Waals surface area contributed by atoms with Crippen LogP contribution in [-0.2, 0) is 6.54 Å². The Kier molecular flexibility index (Phi) is 5.01. The van der Waals surface area contributed by atoms with Gasteiger partial charge in [-0.3, -0.25) is 9.80 Å². The van der Waals surface area contributed by atoms with Crippen LogP contribution in [0.4, 0.5) is 0 Å². The molecule has 1 N–H and O–H groups in total. The Labute approximate surface area is 132 Å². The van der Waals surface area contributed by atoms with Crippen molar-refractivity contribution in [3.05, 3.63) is 28.8 Å². The summed E-state index contributed by atoms with van der Waals surface area (Å²) in [5.41, 5.74) is 1.11. The maximum absolute atomic E-state index is 6.33. The predicted molar refractivity (Wildman–Crippen MR) is 86.1 cm³/mol. The van der Waals surface area contributed by atoms with E-state index >= 15 is 0 Å². The van der Waals surface area contributed by atoms with Crippen LogP contribution in [0.15, 0.2) is 18.2 Å². The summed E-state index contributed by atoms with van der Waals surface area (Å²) >= 11 is 6.33. The Bertz CT molecular complexity index is 469. The van der Waals surface area contributed by atoms with Gasteiger partial charge in [-0.1, -0.05) is 17.7 Å². The number of rotatable bonds is 4. The summed E-state index contributed by atoms with van der Waals surface area (Å²) in [5.74, 6) is 0.893. The topological polar surface area (TPSA) is 27.7 Å². The van der Waals surface area contributed by atoms with E-state index in [1.165, 1.54) is 13.0 Å². The van der Waals surface area contributed by atoms with Crippen molar-refractivity contribution in [3.63, 3.8) is 0 Å². The van der Waals surface area contributed by atoms with E-state index in [1.807, 2.05) is 18.2 Å². The van der Waals surface area contributed by atoms with Gasteiger partial charge in [-0.15, -0.1) is 0 Å². The van der Waals surface area contributed by atoms with Crippen LogP contribution in [0.1, 0.15) is 12.0 Å². The zero-order valence-electron chi connectivity index (χ0n) is 12.6. The highest BCUT2D eigenvalue weighted by Crippen LogP contribution is 2.28. The molecular weight excluding hydrogens is 286 g/mol. The molecule has 116 valence electrons. The molecule has 2 fully saturated rings. The van der Waals surface area contributed by atoms with Gasteiger partial charge in [-0.05, 0) is 25.1 Å². The van der Waals surface area contributed by atoms with Crippen LogP contribution >= 0.6 is 11.6 Å². The van der Waals surface area contributed by atoms with Crippen molar-refractivity contribution in [2.75, 3.05) is 46.4 Å². The normalized spacial score (nSPS) is 24.4. The first-order valence-electron chi connectivity index (χ1n) is 7.76. The average Bonchev–Trinajstić information content (AvgIpc) is 3.04. The number of nitrogens with zero attached hydrogens (tertiary/aromatic N) is 2. The van der Waals surface area contributed by atoms with E-state index in [4.69, 9.17) is 16.3 Å². The van der Waals surface area contributed by atoms with Crippen LogP contribution in [0.25, 0.3) is 0 Å². The highest BCUT2D eigenvalue weighted by molar-refractivity contribution is 6.31. The third kappa shape index (κ3) is 3.51. The summed E-state index contributed by atoms with van der Waals surface area (Å²) < 4.78 is 5.44. The number of nitrogens with one attached hydrogen (secondary N) is 1. The highest BCUT2D eigenvalue weighted by atomic mass is 35.5. The first-order chi connectivity index (χ1) is 10.3. The van der Waals surface area contributed by atoms with Gasteiger partial charge in [0.15, 0.2) is 0 Å². The first kappa shape index (κ1) is 15.1. The van der Waals surface area contributed by atoms with Gasteiger partial charge >= 0.3 is 0 Å². The van der Waals surface area contributed by atoms with Gasteiger partial charge in [0.2, 0.25) is 0 Å². The Morgan fingerprint density at radius 2 is 2.10 bits per heavy atom. The molecule has 1 unspecified atom stereocenters. The molecule has 2 heterocycles. The Morgan fingerprint density at radius 3 is 2.76 bits per heavy atom. The van der Waals surface area contributed by atoms with Gasteiger partial charge in [0.05, 0.1) is 7.11 Å². The van der Waals surface area contributed by atoms with E-state index in [-0.39, 0.29) is 0 Å². The summed E-state index contributed by atoms with van der Waals surface area (Å²) in [5, 5.41) is 4.26. The summed E-state index contributed by atoms with van der Waals surface area (Å²) in [6.45, 7) is 7.70. The van der Waals surface area contributed by atoms with Crippen molar-refractivity contribution >= 4 is 11.6 Å². The molecule has 1 aromatic carbocycles. The zero-order chi connectivity index (χ0) is 14.7. The van der Waals surface area contributed by atoms with E-state index in [9.17, 15) is 0 Å². The van der Waals surface area contributed by atoms with Crippen molar-refractivity contribution in [3.8, 4) is 5.75 Å². The number of methoxy groups -OCH3 is 1. The summed E-state index contributed by atoms with van der Waals surface area (Å²) in [6.07, 6.45) is 1.29. The smallest absolute Gasteiger partial charge is 0.124 e. The monoisotopic (exact) mass is 309 g/mol. The van der Waals surface area contributed by atoms with Crippen LogP contribution in [0.5, 0.6) is 5.75 Å².